The summed E-state index contributed by atoms with van der Waals surface area (Å²) in [6.07, 6.45) is 5.95. The van der Waals surface area contributed by atoms with Crippen LogP contribution < -0.4 is 0 Å². The van der Waals surface area contributed by atoms with Gasteiger partial charge in [-0.15, -0.1) is 0 Å². The molecule has 1 atom stereocenters. The van der Waals surface area contributed by atoms with Crippen molar-refractivity contribution >= 4 is 34.2 Å². The highest BCUT2D eigenvalue weighted by molar-refractivity contribution is 14.1. The molecular formula is C5H4ClI. The maximum absolute atomic E-state index is 5.65. The van der Waals surface area contributed by atoms with E-state index in [1.165, 1.54) is 0 Å². The third-order valence-corrected chi connectivity index (χ3v) is 2.61. The highest BCUT2D eigenvalue weighted by Gasteiger charge is 2.05. The van der Waals surface area contributed by atoms with Crippen LogP contribution in [0, 0.1) is 0 Å². The Morgan fingerprint density at radius 1 is 1.71 bits per heavy atom. The predicted octanol–water partition coefficient (Wildman–Crippen LogP) is 2.48. The SMILES string of the molecule is ClC1=CC=CC1I. The highest BCUT2D eigenvalue weighted by Crippen LogP contribution is 2.22. The lowest BCUT2D eigenvalue weighted by molar-refractivity contribution is 1.50. The lowest BCUT2D eigenvalue weighted by Gasteiger charge is -1.91. The summed E-state index contributed by atoms with van der Waals surface area (Å²) in [6.45, 7) is 0. The quantitative estimate of drug-likeness (QED) is 0.440. The van der Waals surface area contributed by atoms with Crippen LogP contribution in [0.1, 0.15) is 0 Å². The molecule has 0 spiro atoms. The molecule has 0 radical (unpaired) electrons. The minimum atomic E-state index is 0.430. The Morgan fingerprint density at radius 3 is 2.57 bits per heavy atom. The lowest BCUT2D eigenvalue weighted by Crippen LogP contribution is -1.83. The molecule has 0 amide bonds. The van der Waals surface area contributed by atoms with Crippen LogP contribution in [0.3, 0.4) is 0 Å². The van der Waals surface area contributed by atoms with Crippen molar-refractivity contribution in [2.45, 2.75) is 3.92 Å². The normalized spacial score (nSPS) is 28.3. The summed E-state index contributed by atoms with van der Waals surface area (Å²) in [4.78, 5) is 0. The van der Waals surface area contributed by atoms with Gasteiger partial charge in [0.2, 0.25) is 0 Å². The first-order chi connectivity index (χ1) is 3.30. The van der Waals surface area contributed by atoms with Crippen LogP contribution >= 0.6 is 34.2 Å². The maximum Gasteiger partial charge on any atom is 0.0649 e. The standard InChI is InChI=1S/C5H4ClI/c6-4-2-1-3-5(4)7/h1-3,5H. The Kier molecular flexibility index (Phi) is 1.75. The second kappa shape index (κ2) is 2.18. The molecule has 1 rings (SSSR count). The lowest BCUT2D eigenvalue weighted by atomic mass is 10.5. The molecule has 0 bridgehead atoms. The summed E-state index contributed by atoms with van der Waals surface area (Å²) in [5, 5.41) is 0.931. The third-order valence-electron chi connectivity index (χ3n) is 0.799. The minimum absolute atomic E-state index is 0.430. The zero-order chi connectivity index (χ0) is 5.28. The number of allylic oxidation sites excluding steroid dienone is 4. The maximum atomic E-state index is 5.65. The Bertz CT molecular complexity index is 126. The van der Waals surface area contributed by atoms with Crippen molar-refractivity contribution in [3.8, 4) is 0 Å². The van der Waals surface area contributed by atoms with Gasteiger partial charge in [-0.05, 0) is 6.08 Å². The topological polar surface area (TPSA) is 0 Å². The molecule has 1 unspecified atom stereocenters. The van der Waals surface area contributed by atoms with Gasteiger partial charge < -0.3 is 0 Å². The molecule has 0 aromatic heterocycles. The predicted molar refractivity (Wildman–Crippen MR) is 40.9 cm³/mol. The van der Waals surface area contributed by atoms with E-state index in [1.54, 1.807) is 0 Å². The molecular weight excluding hydrogens is 222 g/mol. The summed E-state index contributed by atoms with van der Waals surface area (Å²) >= 11 is 7.92. The van der Waals surface area contributed by atoms with Gasteiger partial charge >= 0.3 is 0 Å². The highest BCUT2D eigenvalue weighted by atomic mass is 127. The van der Waals surface area contributed by atoms with Crippen molar-refractivity contribution < 1.29 is 0 Å². The molecule has 1 aliphatic carbocycles. The zero-order valence-corrected chi connectivity index (χ0v) is 6.48. The van der Waals surface area contributed by atoms with E-state index in [2.05, 4.69) is 28.7 Å². The summed E-state index contributed by atoms with van der Waals surface area (Å²) in [5.41, 5.74) is 0. The van der Waals surface area contributed by atoms with E-state index in [4.69, 9.17) is 11.6 Å². The van der Waals surface area contributed by atoms with Crippen LogP contribution in [0.5, 0.6) is 0 Å². The van der Waals surface area contributed by atoms with Gasteiger partial charge in [-0.2, -0.15) is 0 Å². The molecule has 0 aromatic carbocycles. The van der Waals surface area contributed by atoms with E-state index >= 15 is 0 Å². The molecule has 0 heterocycles. The largest absolute Gasteiger partial charge is 0.0876 e. The third kappa shape index (κ3) is 1.19. The molecule has 38 valence electrons. The van der Waals surface area contributed by atoms with Gasteiger partial charge in [0, 0.05) is 5.03 Å². The Balaban J connectivity index is 2.69. The minimum Gasteiger partial charge on any atom is -0.0876 e. The fourth-order valence-electron chi connectivity index (χ4n) is 0.429. The first kappa shape index (κ1) is 5.63. The van der Waals surface area contributed by atoms with E-state index < -0.39 is 0 Å². The van der Waals surface area contributed by atoms with Crippen molar-refractivity contribution in [2.24, 2.45) is 0 Å². The van der Waals surface area contributed by atoms with Crippen LogP contribution in [0.15, 0.2) is 23.3 Å². The smallest absolute Gasteiger partial charge is 0.0649 e. The van der Waals surface area contributed by atoms with Crippen LogP contribution in [0.2, 0.25) is 0 Å². The van der Waals surface area contributed by atoms with Gasteiger partial charge in [-0.25, -0.2) is 0 Å². The zero-order valence-electron chi connectivity index (χ0n) is 3.57. The Morgan fingerprint density at radius 2 is 2.43 bits per heavy atom. The van der Waals surface area contributed by atoms with Crippen molar-refractivity contribution in [3.63, 3.8) is 0 Å². The fourth-order valence-corrected chi connectivity index (χ4v) is 1.02. The van der Waals surface area contributed by atoms with Crippen molar-refractivity contribution in [3.05, 3.63) is 23.3 Å². The average molecular weight is 226 g/mol. The van der Waals surface area contributed by atoms with Gasteiger partial charge in [0.15, 0.2) is 0 Å². The van der Waals surface area contributed by atoms with Crippen molar-refractivity contribution in [1.82, 2.24) is 0 Å². The molecule has 0 aromatic rings. The number of halogens is 2. The van der Waals surface area contributed by atoms with E-state index in [-0.39, 0.29) is 0 Å². The molecule has 0 fully saturated rings. The van der Waals surface area contributed by atoms with E-state index in [0.29, 0.717) is 3.92 Å². The first-order valence-corrected chi connectivity index (χ1v) is 3.61. The van der Waals surface area contributed by atoms with Gasteiger partial charge in [0.1, 0.15) is 0 Å². The van der Waals surface area contributed by atoms with Gasteiger partial charge in [-0.3, -0.25) is 0 Å². The molecule has 1 aliphatic rings. The van der Waals surface area contributed by atoms with E-state index in [9.17, 15) is 0 Å². The van der Waals surface area contributed by atoms with Crippen molar-refractivity contribution in [1.29, 1.82) is 0 Å². The average Bonchev–Trinajstić information content (AvgIpc) is 1.91. The Hall–Kier alpha value is 0.500. The van der Waals surface area contributed by atoms with Gasteiger partial charge in [0.05, 0.1) is 3.92 Å². The summed E-state index contributed by atoms with van der Waals surface area (Å²) in [5.74, 6) is 0. The summed E-state index contributed by atoms with van der Waals surface area (Å²) < 4.78 is 0.430. The number of alkyl halides is 1. The van der Waals surface area contributed by atoms with Crippen LogP contribution in [0.4, 0.5) is 0 Å². The molecule has 0 saturated heterocycles. The summed E-state index contributed by atoms with van der Waals surface area (Å²) in [7, 11) is 0. The first-order valence-electron chi connectivity index (χ1n) is 1.98. The monoisotopic (exact) mass is 226 g/mol. The molecule has 0 nitrogen and oxygen atoms in total. The Labute approximate surface area is 61.4 Å². The van der Waals surface area contributed by atoms with Gasteiger partial charge in [0.25, 0.3) is 0 Å². The second-order valence-corrected chi connectivity index (χ2v) is 3.12. The number of rotatable bonds is 0. The van der Waals surface area contributed by atoms with Crippen LogP contribution in [-0.2, 0) is 0 Å². The van der Waals surface area contributed by atoms with E-state index in [0.717, 1.165) is 5.03 Å². The molecule has 0 N–H and O–H groups in total. The van der Waals surface area contributed by atoms with E-state index in [1.807, 2.05) is 12.2 Å². The molecule has 0 aliphatic heterocycles. The number of hydrogen-bond acceptors (Lipinski definition) is 0. The molecule has 2 heteroatoms. The molecule has 0 saturated carbocycles. The fraction of sp³-hybridized carbons (Fsp3) is 0.200. The molecule has 7 heavy (non-hydrogen) atoms. The van der Waals surface area contributed by atoms with Crippen LogP contribution in [-0.4, -0.2) is 3.92 Å². The summed E-state index contributed by atoms with van der Waals surface area (Å²) in [6, 6.07) is 0. The second-order valence-electron chi connectivity index (χ2n) is 1.34. The van der Waals surface area contributed by atoms with Crippen molar-refractivity contribution in [2.75, 3.05) is 0 Å². The number of hydrogen-bond donors (Lipinski definition) is 0. The van der Waals surface area contributed by atoms with Gasteiger partial charge in [-0.1, -0.05) is 46.3 Å². The van der Waals surface area contributed by atoms with Crippen LogP contribution in [0.25, 0.3) is 0 Å².